The topological polar surface area (TPSA) is 18.5 Å². The molecule has 1 heterocycles. The molecule has 0 aromatic heterocycles. The second kappa shape index (κ2) is 3.86. The Morgan fingerprint density at radius 3 is 2.89 bits per heavy atom. The summed E-state index contributed by atoms with van der Waals surface area (Å²) in [6.07, 6.45) is 3.22. The van der Waals surface area contributed by atoms with Gasteiger partial charge in [-0.2, -0.15) is 0 Å². The average Bonchev–Trinajstić information content (AvgIpc) is 2.17. The quantitative estimate of drug-likeness (QED) is 0.743. The van der Waals surface area contributed by atoms with Gasteiger partial charge >= 0.3 is 71.6 Å². The van der Waals surface area contributed by atoms with Crippen LogP contribution in [0.2, 0.25) is 0 Å². The number of rotatable bonds is 2. The van der Waals surface area contributed by atoms with Gasteiger partial charge in [0, 0.05) is 0 Å². The summed E-state index contributed by atoms with van der Waals surface area (Å²) < 4.78 is 10.5. The van der Waals surface area contributed by atoms with Gasteiger partial charge in [-0.05, 0) is 0 Å². The third-order valence-electron chi connectivity index (χ3n) is 1.57. The molecular weight excluding hydrogens is 313 g/mol. The molecule has 53 valence electrons. The van der Waals surface area contributed by atoms with Gasteiger partial charge in [0.1, 0.15) is 0 Å². The monoisotopic (exact) mass is 324 g/mol. The van der Waals surface area contributed by atoms with E-state index in [1.54, 1.807) is 0 Å². The predicted molar refractivity (Wildman–Crippen MR) is 35.3 cm³/mol. The molecule has 1 rings (SSSR count). The number of hydrogen-bond donors (Lipinski definition) is 0. The molecule has 3 heteroatoms. The van der Waals surface area contributed by atoms with Crippen LogP contribution in [0.5, 0.6) is 0 Å². The van der Waals surface area contributed by atoms with Gasteiger partial charge in [0.25, 0.3) is 0 Å². The van der Waals surface area contributed by atoms with Crippen LogP contribution in [0.15, 0.2) is 0 Å². The van der Waals surface area contributed by atoms with E-state index in [1.165, 1.54) is 38.4 Å². The normalized spacial score (nSPS) is 35.3. The van der Waals surface area contributed by atoms with Gasteiger partial charge in [0.05, 0.1) is 0 Å². The molecule has 0 spiro atoms. The van der Waals surface area contributed by atoms with Crippen LogP contribution in [0.1, 0.15) is 19.8 Å². The molecule has 0 aromatic carbocycles. The van der Waals surface area contributed by atoms with Crippen molar-refractivity contribution in [3.63, 3.8) is 0 Å². The van der Waals surface area contributed by atoms with Crippen LogP contribution >= 0.6 is 0 Å². The minimum absolute atomic E-state index is 0.387. The van der Waals surface area contributed by atoms with E-state index in [1.807, 2.05) is 0 Å². The van der Waals surface area contributed by atoms with Crippen LogP contribution in [0.4, 0.5) is 0 Å². The summed E-state index contributed by atoms with van der Waals surface area (Å²) >= 11 is 1.19. The molecule has 1 radical (unpaired) electrons. The van der Waals surface area contributed by atoms with Gasteiger partial charge in [0.2, 0.25) is 0 Å². The Morgan fingerprint density at radius 2 is 2.44 bits per heavy atom. The summed E-state index contributed by atoms with van der Waals surface area (Å²) in [5.74, 6) is 0. The fraction of sp³-hybridized carbons (Fsp3) is 1.00. The predicted octanol–water partition coefficient (Wildman–Crippen LogP) is 0.654. The van der Waals surface area contributed by atoms with E-state index in [0.717, 1.165) is 6.61 Å². The Bertz CT molecular complexity index is 85.1. The summed E-state index contributed by atoms with van der Waals surface area (Å²) in [5, 5.41) is 0. The number of hydrogen-bond acceptors (Lipinski definition) is 2. The van der Waals surface area contributed by atoms with Crippen molar-refractivity contribution < 1.29 is 7.51 Å². The average molecular weight is 324 g/mol. The van der Waals surface area contributed by atoms with Crippen molar-refractivity contribution in [1.82, 2.24) is 0 Å². The fourth-order valence-electron chi connectivity index (χ4n) is 1.08. The molecule has 0 saturated carbocycles. The van der Waals surface area contributed by atoms with Crippen LogP contribution in [0.3, 0.4) is 0 Å². The molecule has 0 amide bonds. The van der Waals surface area contributed by atoms with Crippen molar-refractivity contribution >= 4 is 25.5 Å². The molecule has 0 aliphatic carbocycles. The van der Waals surface area contributed by atoms with Gasteiger partial charge in [-0.25, -0.2) is 0 Å². The van der Waals surface area contributed by atoms with E-state index in [-0.39, 0.29) is 0 Å². The summed E-state index contributed by atoms with van der Waals surface area (Å²) in [7, 11) is 0. The third-order valence-corrected chi connectivity index (χ3v) is 2.10. The molecule has 1 aliphatic heterocycles. The van der Waals surface area contributed by atoms with Gasteiger partial charge < -0.3 is 0 Å². The Morgan fingerprint density at radius 1 is 1.67 bits per heavy atom. The zero-order valence-corrected chi connectivity index (χ0v) is 8.67. The standard InChI is InChI=1S/C6H11O2.Po/c1-5-2-3-6(4-7)8-5;/h5-6H,2-4H2,1H3;/q-1;+1. The zero-order valence-electron chi connectivity index (χ0n) is 5.50. The molecular formula is C6H11O2Po. The first kappa shape index (κ1) is 7.92. The molecule has 2 atom stereocenters. The van der Waals surface area contributed by atoms with Crippen molar-refractivity contribution in [3.05, 3.63) is 0 Å². The maximum absolute atomic E-state index is 5.49. The Labute approximate surface area is 71.7 Å². The molecule has 2 nitrogen and oxygen atoms in total. The van der Waals surface area contributed by atoms with E-state index in [0.29, 0.717) is 12.2 Å². The van der Waals surface area contributed by atoms with Gasteiger partial charge in [-0.15, -0.1) is 0 Å². The fourth-order valence-corrected chi connectivity index (χ4v) is 1.67. The summed E-state index contributed by atoms with van der Waals surface area (Å²) in [5.41, 5.74) is 0. The summed E-state index contributed by atoms with van der Waals surface area (Å²) in [6, 6.07) is 0. The first-order chi connectivity index (χ1) is 4.33. The Kier molecular flexibility index (Phi) is 3.39. The Balaban J connectivity index is 2.14. The first-order valence-electron chi connectivity index (χ1n) is 3.23. The van der Waals surface area contributed by atoms with Crippen LogP contribution in [0, 0.1) is 0 Å². The minimum atomic E-state index is 0.387. The van der Waals surface area contributed by atoms with Crippen molar-refractivity contribution in [3.8, 4) is 0 Å². The van der Waals surface area contributed by atoms with Crippen molar-refractivity contribution in [2.75, 3.05) is 6.61 Å². The molecule has 1 fully saturated rings. The third kappa shape index (κ3) is 2.49. The summed E-state index contributed by atoms with van der Waals surface area (Å²) in [6.45, 7) is 2.90. The van der Waals surface area contributed by atoms with Crippen LogP contribution in [-0.4, -0.2) is 44.3 Å². The van der Waals surface area contributed by atoms with Gasteiger partial charge in [-0.3, -0.25) is 0 Å². The van der Waals surface area contributed by atoms with E-state index >= 15 is 0 Å². The van der Waals surface area contributed by atoms with Crippen LogP contribution < -0.4 is 0 Å². The SMILES string of the molecule is CC1CCC(C[O][Po])O1. The maximum atomic E-state index is 5.49. The molecule has 9 heavy (non-hydrogen) atoms. The first-order valence-corrected chi connectivity index (χ1v) is 4.52. The van der Waals surface area contributed by atoms with E-state index in [2.05, 4.69) is 6.92 Å². The zero-order chi connectivity index (χ0) is 6.69. The molecule has 1 aliphatic rings. The molecule has 0 aromatic rings. The molecule has 0 bridgehead atoms. The van der Waals surface area contributed by atoms with Gasteiger partial charge in [0.15, 0.2) is 0 Å². The second-order valence-corrected chi connectivity index (χ2v) is 3.35. The summed E-state index contributed by atoms with van der Waals surface area (Å²) in [4.78, 5) is 0. The van der Waals surface area contributed by atoms with Crippen LogP contribution in [0.25, 0.3) is 0 Å². The second-order valence-electron chi connectivity index (χ2n) is 2.43. The van der Waals surface area contributed by atoms with Crippen molar-refractivity contribution in [1.29, 1.82) is 0 Å². The van der Waals surface area contributed by atoms with Gasteiger partial charge in [-0.1, -0.05) is 0 Å². The molecule has 1 saturated heterocycles. The molecule has 2 unspecified atom stereocenters. The van der Waals surface area contributed by atoms with Crippen molar-refractivity contribution in [2.24, 2.45) is 0 Å². The van der Waals surface area contributed by atoms with Crippen LogP contribution in [-0.2, 0) is 7.51 Å². The van der Waals surface area contributed by atoms with Crippen molar-refractivity contribution in [2.45, 2.75) is 32.0 Å². The van der Waals surface area contributed by atoms with E-state index in [4.69, 9.17) is 7.51 Å². The van der Waals surface area contributed by atoms with E-state index in [9.17, 15) is 0 Å². The van der Waals surface area contributed by atoms with E-state index < -0.39 is 0 Å². The Hall–Kier alpha value is 0.816. The molecule has 0 N–H and O–H groups in total. The number of ether oxygens (including phenoxy) is 1.